The van der Waals surface area contributed by atoms with Crippen LogP contribution in [0.3, 0.4) is 0 Å². The van der Waals surface area contributed by atoms with Crippen LogP contribution >= 0.6 is 34.8 Å². The Bertz CT molecular complexity index is 1870. The lowest BCUT2D eigenvalue weighted by Gasteiger charge is -2.48. The Labute approximate surface area is 362 Å². The SMILES string of the molecule is COc1ccc(O[C@@H]2OC(C(N)=O)[C@H](OC(C)=O)[C@H](OC(=O)Oc3ccccc3)C2O[C@@H]2OC(COC(C)=O)[C@@H](OC(C)=O)C(OC(C)=O)[C@@H]2NC(=O)OCC(Cl)(Cl)Cl)cc1. The second-order valence-electron chi connectivity index (χ2n) is 12.9. The van der Waals surface area contributed by atoms with Gasteiger partial charge in [-0.25, -0.2) is 9.59 Å². The molecule has 2 aromatic carbocycles. The van der Waals surface area contributed by atoms with E-state index in [0.717, 1.165) is 27.7 Å². The number of alkyl carbamates (subject to hydrolysis) is 1. The molecule has 3 N–H and O–H groups in total. The molecule has 4 rings (SSSR count). The monoisotopic (exact) mass is 922 g/mol. The number of carbonyl (C=O) groups is 7. The molecule has 0 aliphatic carbocycles. The van der Waals surface area contributed by atoms with Gasteiger partial charge < -0.3 is 67.9 Å². The Morgan fingerprint density at radius 3 is 1.82 bits per heavy atom. The van der Waals surface area contributed by atoms with Crippen molar-refractivity contribution >= 4 is 76.8 Å². The lowest BCUT2D eigenvalue weighted by atomic mass is 9.94. The number of carbonyl (C=O) groups excluding carboxylic acids is 7. The number of alkyl halides is 3. The maximum atomic E-state index is 13.5. The zero-order valence-corrected chi connectivity index (χ0v) is 35.1. The number of hydrogen-bond acceptors (Lipinski definition) is 19. The standard InChI is InChI=1S/C37H41Cl3N2O19/c1-17(43)51-15-24-26(53-18(2)44)27(54-19(3)45)25(42-35(48)52-16-37(38,39)40)33(58-24)60-31-29(61-36(49)57-22-9-7-6-8-10-22)28(55-20(4)46)30(32(41)47)59-34(31)56-23-13-11-21(50-5)12-14-23/h6-14,24-31,33-34H,15-16H2,1-5H3,(H2,41,47)(H,42,48)/t24?,25-,26+,27?,28+,29-,30?,31?,33-,34+/m0/s1. The van der Waals surface area contributed by atoms with E-state index in [4.69, 9.17) is 97.4 Å². The summed E-state index contributed by atoms with van der Waals surface area (Å²) in [6.45, 7) is 2.54. The first-order valence-electron chi connectivity index (χ1n) is 17.9. The quantitative estimate of drug-likeness (QED) is 0.113. The highest BCUT2D eigenvalue weighted by molar-refractivity contribution is 6.67. The third-order valence-electron chi connectivity index (χ3n) is 8.21. The Balaban J connectivity index is 1.91. The molecule has 334 valence electrons. The molecule has 2 aliphatic rings. The fraction of sp³-hybridized carbons (Fsp3) is 0.486. The highest BCUT2D eigenvalue weighted by Crippen LogP contribution is 2.36. The summed E-state index contributed by atoms with van der Waals surface area (Å²) < 4.78 is 65.6. The van der Waals surface area contributed by atoms with Crippen LogP contribution < -0.4 is 25.3 Å². The van der Waals surface area contributed by atoms with E-state index < -0.39 is 120 Å². The highest BCUT2D eigenvalue weighted by atomic mass is 35.6. The maximum Gasteiger partial charge on any atom is 0.514 e. The van der Waals surface area contributed by atoms with E-state index in [1.54, 1.807) is 18.2 Å². The molecule has 21 nitrogen and oxygen atoms in total. The van der Waals surface area contributed by atoms with Crippen molar-refractivity contribution in [2.45, 2.75) is 92.8 Å². The third-order valence-corrected chi connectivity index (χ3v) is 8.54. The van der Waals surface area contributed by atoms with E-state index in [2.05, 4.69) is 5.32 Å². The third kappa shape index (κ3) is 14.7. The van der Waals surface area contributed by atoms with Gasteiger partial charge in [-0.15, -0.1) is 0 Å². The van der Waals surface area contributed by atoms with Gasteiger partial charge in [-0.1, -0.05) is 53.0 Å². The number of esters is 4. The molecule has 0 radical (unpaired) electrons. The molecule has 10 atom stereocenters. The van der Waals surface area contributed by atoms with Gasteiger partial charge in [-0.05, 0) is 36.4 Å². The van der Waals surface area contributed by atoms with Gasteiger partial charge in [0.05, 0.1) is 7.11 Å². The molecule has 2 aliphatic heterocycles. The van der Waals surface area contributed by atoms with E-state index in [1.165, 1.54) is 43.5 Å². The fourth-order valence-electron chi connectivity index (χ4n) is 5.89. The first kappa shape index (κ1) is 48.3. The summed E-state index contributed by atoms with van der Waals surface area (Å²) in [5.41, 5.74) is 5.72. The normalized spacial score (nSPS) is 26.0. The Hall–Kier alpha value is -5.32. The van der Waals surface area contributed by atoms with Crippen molar-refractivity contribution in [3.63, 3.8) is 0 Å². The van der Waals surface area contributed by atoms with Crippen molar-refractivity contribution in [2.75, 3.05) is 20.3 Å². The van der Waals surface area contributed by atoms with Gasteiger partial charge in [0.15, 0.2) is 42.9 Å². The first-order valence-corrected chi connectivity index (χ1v) is 19.0. The van der Waals surface area contributed by atoms with Crippen molar-refractivity contribution < 1.29 is 90.4 Å². The van der Waals surface area contributed by atoms with Gasteiger partial charge in [0, 0.05) is 27.7 Å². The highest BCUT2D eigenvalue weighted by Gasteiger charge is 2.58. The number of hydrogen-bond donors (Lipinski definition) is 2. The molecule has 2 heterocycles. The van der Waals surface area contributed by atoms with Gasteiger partial charge in [0.1, 0.15) is 42.6 Å². The minimum atomic E-state index is -2.10. The van der Waals surface area contributed by atoms with E-state index >= 15 is 0 Å². The Morgan fingerprint density at radius 2 is 1.26 bits per heavy atom. The lowest BCUT2D eigenvalue weighted by Crippen LogP contribution is -2.70. The van der Waals surface area contributed by atoms with Crippen molar-refractivity contribution in [1.82, 2.24) is 5.32 Å². The molecule has 0 saturated carbocycles. The van der Waals surface area contributed by atoms with Crippen LogP contribution in [0, 0.1) is 0 Å². The van der Waals surface area contributed by atoms with Crippen molar-refractivity contribution in [3.05, 3.63) is 54.6 Å². The molecular formula is C37H41Cl3N2O19. The summed E-state index contributed by atoms with van der Waals surface area (Å²) in [7, 11) is 1.42. The molecule has 0 bridgehead atoms. The molecular weight excluding hydrogens is 883 g/mol. The molecule has 0 aromatic heterocycles. The van der Waals surface area contributed by atoms with Crippen molar-refractivity contribution in [3.8, 4) is 17.2 Å². The van der Waals surface area contributed by atoms with Gasteiger partial charge in [-0.2, -0.15) is 0 Å². The summed E-state index contributed by atoms with van der Waals surface area (Å²) in [6, 6.07) is 11.6. The molecule has 2 fully saturated rings. The smallest absolute Gasteiger partial charge is 0.497 e. The van der Waals surface area contributed by atoms with Crippen molar-refractivity contribution in [1.29, 1.82) is 0 Å². The number of nitrogens with two attached hydrogens (primary N) is 1. The number of benzene rings is 2. The molecule has 2 saturated heterocycles. The summed E-state index contributed by atoms with van der Waals surface area (Å²) in [4.78, 5) is 89.3. The first-order chi connectivity index (χ1) is 28.7. The van der Waals surface area contributed by atoms with E-state index in [1.807, 2.05) is 0 Å². The zero-order chi connectivity index (χ0) is 45.0. The van der Waals surface area contributed by atoms with Crippen LogP contribution in [0.2, 0.25) is 0 Å². The van der Waals surface area contributed by atoms with Crippen LogP contribution in [-0.2, 0) is 66.6 Å². The molecule has 2 aromatic rings. The minimum Gasteiger partial charge on any atom is -0.497 e. The number of rotatable bonds is 15. The number of amides is 2. The molecule has 24 heteroatoms. The number of halogens is 3. The minimum absolute atomic E-state index is 0.000782. The van der Waals surface area contributed by atoms with Crippen molar-refractivity contribution in [2.24, 2.45) is 5.73 Å². The van der Waals surface area contributed by atoms with Crippen LogP contribution in [0.1, 0.15) is 27.7 Å². The van der Waals surface area contributed by atoms with Gasteiger partial charge in [0.2, 0.25) is 10.1 Å². The Morgan fingerprint density at radius 1 is 0.672 bits per heavy atom. The predicted octanol–water partition coefficient (Wildman–Crippen LogP) is 2.80. The van der Waals surface area contributed by atoms with Gasteiger partial charge in [-0.3, -0.25) is 24.0 Å². The largest absolute Gasteiger partial charge is 0.514 e. The van der Waals surface area contributed by atoms with E-state index in [9.17, 15) is 33.6 Å². The summed E-state index contributed by atoms with van der Waals surface area (Å²) in [6.07, 6.45) is -19.3. The lowest BCUT2D eigenvalue weighted by molar-refractivity contribution is -0.339. The summed E-state index contributed by atoms with van der Waals surface area (Å²) >= 11 is 17.3. The van der Waals surface area contributed by atoms with E-state index in [0.29, 0.717) is 5.75 Å². The fourth-order valence-corrected chi connectivity index (χ4v) is 6.06. The summed E-state index contributed by atoms with van der Waals surface area (Å²) in [5.74, 6) is -4.52. The van der Waals surface area contributed by atoms with Crippen LogP contribution in [-0.4, -0.2) is 127 Å². The Kier molecular flexibility index (Phi) is 17.4. The molecule has 4 unspecified atom stereocenters. The number of nitrogens with one attached hydrogen (secondary N) is 1. The molecule has 2 amide bonds. The van der Waals surface area contributed by atoms with Crippen LogP contribution in [0.5, 0.6) is 17.2 Å². The topological polar surface area (TPSA) is 268 Å². The summed E-state index contributed by atoms with van der Waals surface area (Å²) in [5, 5.41) is 2.36. The van der Waals surface area contributed by atoms with Gasteiger partial charge in [0.25, 0.3) is 5.91 Å². The van der Waals surface area contributed by atoms with E-state index in [-0.39, 0.29) is 11.5 Å². The second-order valence-corrected chi connectivity index (χ2v) is 15.4. The molecule has 0 spiro atoms. The average Bonchev–Trinajstić information content (AvgIpc) is 3.17. The van der Waals surface area contributed by atoms with Crippen LogP contribution in [0.4, 0.5) is 9.59 Å². The molecule has 61 heavy (non-hydrogen) atoms. The number of methoxy groups -OCH3 is 1. The second kappa shape index (κ2) is 22.0. The predicted molar refractivity (Wildman–Crippen MR) is 204 cm³/mol. The van der Waals surface area contributed by atoms with Crippen LogP contribution in [0.15, 0.2) is 54.6 Å². The zero-order valence-electron chi connectivity index (χ0n) is 32.9. The number of para-hydroxylation sites is 1. The maximum absolute atomic E-state index is 13.5. The number of primary amides is 1. The van der Waals surface area contributed by atoms with Crippen LogP contribution in [0.25, 0.3) is 0 Å². The van der Waals surface area contributed by atoms with Gasteiger partial charge >= 0.3 is 36.1 Å². The number of ether oxygens (including phenoxy) is 12. The average molecular weight is 924 g/mol.